The third-order valence-corrected chi connectivity index (χ3v) is 3.25. The SMILES string of the molecule is COc1cccc(OC)c1C(=O)NC(CCN)C(C)C. The van der Waals surface area contributed by atoms with Gasteiger partial charge in [-0.05, 0) is 31.0 Å². The highest BCUT2D eigenvalue weighted by Crippen LogP contribution is 2.28. The Morgan fingerprint density at radius 1 is 1.25 bits per heavy atom. The third kappa shape index (κ3) is 3.87. The fourth-order valence-corrected chi connectivity index (χ4v) is 2.07. The fraction of sp³-hybridized carbons (Fsp3) is 0.533. The number of rotatable bonds is 7. The number of benzene rings is 1. The maximum Gasteiger partial charge on any atom is 0.259 e. The second kappa shape index (κ2) is 7.75. The van der Waals surface area contributed by atoms with Crippen molar-refractivity contribution in [1.82, 2.24) is 5.32 Å². The van der Waals surface area contributed by atoms with Crippen LogP contribution in [0.1, 0.15) is 30.6 Å². The lowest BCUT2D eigenvalue weighted by molar-refractivity contribution is 0.0917. The Hall–Kier alpha value is -1.75. The highest BCUT2D eigenvalue weighted by Gasteiger charge is 2.22. The summed E-state index contributed by atoms with van der Waals surface area (Å²) in [6.45, 7) is 4.65. The van der Waals surface area contributed by atoms with Gasteiger partial charge in [-0.25, -0.2) is 0 Å². The number of hydrogen-bond acceptors (Lipinski definition) is 4. The molecular formula is C15H24N2O3. The molecule has 0 saturated heterocycles. The van der Waals surface area contributed by atoms with Crippen LogP contribution in [0.25, 0.3) is 0 Å². The van der Waals surface area contributed by atoms with E-state index in [-0.39, 0.29) is 11.9 Å². The standard InChI is InChI=1S/C15H24N2O3/c1-10(2)11(8-9-16)17-15(18)14-12(19-3)6-5-7-13(14)20-4/h5-7,10-11H,8-9,16H2,1-4H3,(H,17,18). The highest BCUT2D eigenvalue weighted by atomic mass is 16.5. The zero-order valence-electron chi connectivity index (χ0n) is 12.6. The Balaban J connectivity index is 3.01. The second-order valence-corrected chi connectivity index (χ2v) is 4.94. The van der Waals surface area contributed by atoms with Crippen molar-refractivity contribution < 1.29 is 14.3 Å². The van der Waals surface area contributed by atoms with Crippen LogP contribution in [-0.4, -0.2) is 32.7 Å². The zero-order chi connectivity index (χ0) is 15.1. The van der Waals surface area contributed by atoms with Crippen LogP contribution in [0, 0.1) is 5.92 Å². The Morgan fingerprint density at radius 3 is 2.20 bits per heavy atom. The molecule has 0 fully saturated rings. The quantitative estimate of drug-likeness (QED) is 0.799. The van der Waals surface area contributed by atoms with E-state index < -0.39 is 0 Å². The topological polar surface area (TPSA) is 73.6 Å². The minimum Gasteiger partial charge on any atom is -0.496 e. The van der Waals surface area contributed by atoms with Gasteiger partial charge in [0.25, 0.3) is 5.91 Å². The summed E-state index contributed by atoms with van der Waals surface area (Å²) in [5.41, 5.74) is 6.01. The molecule has 112 valence electrons. The maximum atomic E-state index is 12.5. The summed E-state index contributed by atoms with van der Waals surface area (Å²) < 4.78 is 10.5. The Kier molecular flexibility index (Phi) is 6.31. The van der Waals surface area contributed by atoms with Crippen LogP contribution in [0.4, 0.5) is 0 Å². The van der Waals surface area contributed by atoms with Crippen LogP contribution in [0.2, 0.25) is 0 Å². The predicted octanol–water partition coefficient (Wildman–Crippen LogP) is 1.81. The van der Waals surface area contributed by atoms with Gasteiger partial charge in [-0.3, -0.25) is 4.79 Å². The maximum absolute atomic E-state index is 12.5. The van der Waals surface area contributed by atoms with Crippen molar-refractivity contribution in [1.29, 1.82) is 0 Å². The third-order valence-electron chi connectivity index (χ3n) is 3.25. The van der Waals surface area contributed by atoms with Gasteiger partial charge in [0.05, 0.1) is 14.2 Å². The number of methoxy groups -OCH3 is 2. The molecule has 1 amide bonds. The number of nitrogens with two attached hydrogens (primary N) is 1. The molecule has 0 spiro atoms. The van der Waals surface area contributed by atoms with Crippen molar-refractivity contribution in [2.45, 2.75) is 26.3 Å². The first-order valence-electron chi connectivity index (χ1n) is 6.77. The molecule has 0 aliphatic rings. The molecule has 0 aromatic heterocycles. The number of carbonyl (C=O) groups excluding carboxylic acids is 1. The molecule has 1 atom stereocenters. The van der Waals surface area contributed by atoms with Gasteiger partial charge < -0.3 is 20.5 Å². The molecular weight excluding hydrogens is 256 g/mol. The molecule has 0 radical (unpaired) electrons. The summed E-state index contributed by atoms with van der Waals surface area (Å²) in [6.07, 6.45) is 0.737. The first-order chi connectivity index (χ1) is 9.54. The van der Waals surface area contributed by atoms with Crippen LogP contribution < -0.4 is 20.5 Å². The van der Waals surface area contributed by atoms with Gasteiger partial charge in [0.15, 0.2) is 0 Å². The summed E-state index contributed by atoms with van der Waals surface area (Å²) in [5.74, 6) is 1.10. The molecule has 5 heteroatoms. The van der Waals surface area contributed by atoms with E-state index in [4.69, 9.17) is 15.2 Å². The van der Waals surface area contributed by atoms with Crippen LogP contribution in [0.3, 0.4) is 0 Å². The molecule has 3 N–H and O–H groups in total. The van der Waals surface area contributed by atoms with E-state index in [1.165, 1.54) is 14.2 Å². The number of ether oxygens (including phenoxy) is 2. The molecule has 1 aromatic carbocycles. The molecule has 0 saturated carbocycles. The minimum atomic E-state index is -0.202. The fourth-order valence-electron chi connectivity index (χ4n) is 2.07. The molecule has 5 nitrogen and oxygen atoms in total. The van der Waals surface area contributed by atoms with Gasteiger partial charge in [-0.2, -0.15) is 0 Å². The van der Waals surface area contributed by atoms with Crippen molar-refractivity contribution in [3.63, 3.8) is 0 Å². The molecule has 20 heavy (non-hydrogen) atoms. The van der Waals surface area contributed by atoms with Crippen LogP contribution in [0.15, 0.2) is 18.2 Å². The van der Waals surface area contributed by atoms with E-state index in [0.29, 0.717) is 29.5 Å². The lowest BCUT2D eigenvalue weighted by Gasteiger charge is -2.23. The molecule has 0 bridgehead atoms. The van der Waals surface area contributed by atoms with Crippen LogP contribution >= 0.6 is 0 Å². The highest BCUT2D eigenvalue weighted by molar-refractivity contribution is 5.99. The number of nitrogens with one attached hydrogen (secondary N) is 1. The van der Waals surface area contributed by atoms with Crippen LogP contribution in [-0.2, 0) is 0 Å². The van der Waals surface area contributed by atoms with Gasteiger partial charge >= 0.3 is 0 Å². The summed E-state index contributed by atoms with van der Waals surface area (Å²) >= 11 is 0. The monoisotopic (exact) mass is 280 g/mol. The Morgan fingerprint density at radius 2 is 1.80 bits per heavy atom. The molecule has 0 heterocycles. The lowest BCUT2D eigenvalue weighted by atomic mass is 10.00. The molecule has 1 rings (SSSR count). The first kappa shape index (κ1) is 16.3. The average Bonchev–Trinajstić information content (AvgIpc) is 2.45. The number of amides is 1. The van der Waals surface area contributed by atoms with Crippen LogP contribution in [0.5, 0.6) is 11.5 Å². The minimum absolute atomic E-state index is 0.0297. The van der Waals surface area contributed by atoms with Gasteiger partial charge in [0, 0.05) is 6.04 Å². The molecule has 1 unspecified atom stereocenters. The van der Waals surface area contributed by atoms with E-state index in [0.717, 1.165) is 6.42 Å². The van der Waals surface area contributed by atoms with Gasteiger partial charge in [-0.1, -0.05) is 19.9 Å². The van der Waals surface area contributed by atoms with Gasteiger partial charge in [0.2, 0.25) is 0 Å². The van der Waals surface area contributed by atoms with Crippen molar-refractivity contribution in [2.75, 3.05) is 20.8 Å². The number of hydrogen-bond donors (Lipinski definition) is 2. The summed E-state index contributed by atoms with van der Waals surface area (Å²) in [7, 11) is 3.07. The smallest absolute Gasteiger partial charge is 0.259 e. The van der Waals surface area contributed by atoms with E-state index >= 15 is 0 Å². The Bertz CT molecular complexity index is 424. The average molecular weight is 280 g/mol. The van der Waals surface area contributed by atoms with Crippen molar-refractivity contribution in [3.05, 3.63) is 23.8 Å². The first-order valence-corrected chi connectivity index (χ1v) is 6.77. The van der Waals surface area contributed by atoms with Crippen molar-refractivity contribution >= 4 is 5.91 Å². The molecule has 1 aromatic rings. The van der Waals surface area contributed by atoms with Crippen molar-refractivity contribution in [3.8, 4) is 11.5 Å². The van der Waals surface area contributed by atoms with Gasteiger partial charge in [-0.15, -0.1) is 0 Å². The summed E-state index contributed by atoms with van der Waals surface area (Å²) in [6, 6.07) is 5.30. The van der Waals surface area contributed by atoms with E-state index in [9.17, 15) is 4.79 Å². The molecule has 0 aliphatic heterocycles. The second-order valence-electron chi connectivity index (χ2n) is 4.94. The molecule has 0 aliphatic carbocycles. The Labute approximate surface area is 120 Å². The van der Waals surface area contributed by atoms with E-state index in [1.807, 2.05) is 0 Å². The van der Waals surface area contributed by atoms with E-state index in [1.54, 1.807) is 18.2 Å². The lowest BCUT2D eigenvalue weighted by Crippen LogP contribution is -2.40. The summed E-state index contributed by atoms with van der Waals surface area (Å²) in [5, 5.41) is 3.00. The van der Waals surface area contributed by atoms with Gasteiger partial charge in [0.1, 0.15) is 17.1 Å². The summed E-state index contributed by atoms with van der Waals surface area (Å²) in [4.78, 5) is 12.5. The number of carbonyl (C=O) groups is 1. The normalized spacial score (nSPS) is 12.1. The van der Waals surface area contributed by atoms with Crippen molar-refractivity contribution in [2.24, 2.45) is 11.7 Å². The largest absolute Gasteiger partial charge is 0.496 e. The predicted molar refractivity (Wildman–Crippen MR) is 79.3 cm³/mol. The zero-order valence-corrected chi connectivity index (χ0v) is 12.6. The van der Waals surface area contributed by atoms with E-state index in [2.05, 4.69) is 19.2 Å².